The molecule has 1 aromatic rings. The van der Waals surface area contributed by atoms with Gasteiger partial charge in [-0.15, -0.1) is 0 Å². The van der Waals surface area contributed by atoms with Gasteiger partial charge in [-0.1, -0.05) is 0 Å². The third-order valence-electron chi connectivity index (χ3n) is 5.58. The van der Waals surface area contributed by atoms with Crippen molar-refractivity contribution in [1.82, 2.24) is 0 Å². The third kappa shape index (κ3) is 3.63. The largest absolute Gasteiger partial charge is 1.00 e. The average Bonchev–Trinajstić information content (AvgIpc) is 2.99. The molecule has 0 bridgehead atoms. The summed E-state index contributed by atoms with van der Waals surface area (Å²) in [5.74, 6) is 0.704. The van der Waals surface area contributed by atoms with Crippen LogP contribution in [0.3, 0.4) is 0 Å². The Morgan fingerprint density at radius 1 is 0.958 bits per heavy atom. The van der Waals surface area contributed by atoms with Gasteiger partial charge in [-0.05, 0) is 0 Å². The molecule has 0 saturated carbocycles. The zero-order valence-electron chi connectivity index (χ0n) is 15.4. The molecule has 1 aromatic carbocycles. The molecule has 0 aromatic heterocycles. The molecule has 0 fully saturated rings. The van der Waals surface area contributed by atoms with Crippen LogP contribution >= 0.6 is 0 Å². The summed E-state index contributed by atoms with van der Waals surface area (Å²) in [6, 6.07) is 9.08. The maximum atomic E-state index is 2.57. The number of halogens is 2. The molecule has 128 valence electrons. The molecule has 0 heterocycles. The fourth-order valence-corrected chi connectivity index (χ4v) is 23.7. The number of fused-ring (bicyclic) bond motifs is 1. The van der Waals surface area contributed by atoms with Crippen LogP contribution in [0.2, 0.25) is 13.1 Å². The van der Waals surface area contributed by atoms with Crippen molar-refractivity contribution in [2.24, 2.45) is 5.92 Å². The molecule has 3 rings (SSSR count). The maximum Gasteiger partial charge on any atom is -1.00 e. The van der Waals surface area contributed by atoms with Crippen molar-refractivity contribution in [3.05, 3.63) is 61.5 Å². The van der Waals surface area contributed by atoms with E-state index in [1.807, 2.05) is 3.28 Å². The van der Waals surface area contributed by atoms with E-state index >= 15 is 0 Å². The Labute approximate surface area is 167 Å². The Hall–Kier alpha value is 0.120. The summed E-state index contributed by atoms with van der Waals surface area (Å²) in [6.45, 7) is 14.7. The minimum Gasteiger partial charge on any atom is -1.00 e. The van der Waals surface area contributed by atoms with Crippen molar-refractivity contribution in [3.63, 3.8) is 0 Å². The van der Waals surface area contributed by atoms with Crippen LogP contribution in [0.15, 0.2) is 50.3 Å². The minimum atomic E-state index is -1.69. The summed E-state index contributed by atoms with van der Waals surface area (Å²) < 4.78 is 2.69. The van der Waals surface area contributed by atoms with Crippen LogP contribution < -0.4 is 24.8 Å². The molecule has 0 nitrogen and oxygen atoms in total. The Balaban J connectivity index is 0.00000144. The predicted molar refractivity (Wildman–Crippen MR) is 95.9 cm³/mol. The van der Waals surface area contributed by atoms with Gasteiger partial charge in [0.2, 0.25) is 0 Å². The van der Waals surface area contributed by atoms with E-state index in [-0.39, 0.29) is 30.2 Å². The SMILES string of the molecule is CC1=C(C)C(C)[C]([Zr+2]([CH]2C=Cc3ccccc32)=[Si](C)C)=C1C.[Cl-].[Cl-]. The zero-order valence-corrected chi connectivity index (χ0v) is 20.3. The van der Waals surface area contributed by atoms with Crippen LogP contribution in [-0.2, 0) is 20.4 Å². The fraction of sp³-hybridized carbons (Fsp3) is 0.400. The molecule has 2 aliphatic rings. The molecule has 0 radical (unpaired) electrons. The van der Waals surface area contributed by atoms with Gasteiger partial charge >= 0.3 is 144 Å². The molecule has 4 heteroatoms. The molecular weight excluding hydrogens is 430 g/mol. The number of benzene rings is 1. The molecule has 0 spiro atoms. The second-order valence-electron chi connectivity index (χ2n) is 6.95. The van der Waals surface area contributed by atoms with Gasteiger partial charge in [-0.25, -0.2) is 0 Å². The molecule has 0 N–H and O–H groups in total. The molecule has 2 unspecified atom stereocenters. The topological polar surface area (TPSA) is 0 Å². The van der Waals surface area contributed by atoms with Crippen molar-refractivity contribution in [1.29, 1.82) is 0 Å². The van der Waals surface area contributed by atoms with E-state index in [0.717, 1.165) is 3.63 Å². The van der Waals surface area contributed by atoms with E-state index in [4.69, 9.17) is 0 Å². The van der Waals surface area contributed by atoms with Crippen molar-refractivity contribution >= 4 is 11.5 Å². The quantitative estimate of drug-likeness (QED) is 0.545. The molecular formula is C20H26Cl2SiZr. The summed E-state index contributed by atoms with van der Waals surface area (Å²) in [7, 11) is 0. The van der Waals surface area contributed by atoms with E-state index in [2.05, 4.69) is 77.2 Å². The maximum absolute atomic E-state index is 2.57. The summed E-state index contributed by atoms with van der Waals surface area (Å²) in [6.07, 6.45) is 4.93. The number of hydrogen-bond acceptors (Lipinski definition) is 0. The normalized spacial score (nSPS) is 21.0. The molecule has 2 aliphatic carbocycles. The van der Waals surface area contributed by atoms with Crippen LogP contribution in [0, 0.1) is 5.92 Å². The molecule has 24 heavy (non-hydrogen) atoms. The van der Waals surface area contributed by atoms with Gasteiger partial charge in [0.15, 0.2) is 0 Å². The smallest absolute Gasteiger partial charge is 1.00 e. The van der Waals surface area contributed by atoms with Crippen LogP contribution in [0.5, 0.6) is 0 Å². The number of hydrogen-bond donors (Lipinski definition) is 0. The van der Waals surface area contributed by atoms with Crippen molar-refractivity contribution in [2.45, 2.75) is 44.4 Å². The van der Waals surface area contributed by atoms with E-state index in [0.29, 0.717) is 5.92 Å². The summed E-state index contributed by atoms with van der Waals surface area (Å²) in [5.41, 5.74) is 7.73. The van der Waals surface area contributed by atoms with Gasteiger partial charge in [0, 0.05) is 0 Å². The van der Waals surface area contributed by atoms with Gasteiger partial charge in [-0.3, -0.25) is 0 Å². The Morgan fingerprint density at radius 2 is 1.58 bits per heavy atom. The Kier molecular flexibility index (Phi) is 8.01. The van der Waals surface area contributed by atoms with E-state index in [1.165, 1.54) is 5.56 Å². The standard InChI is InChI=1S/C9H7.C9H13.C2H6Si.2ClH.Zr/c1-2-5-9-7-3-6-8(9)4-1;1-6-5-7(2)9(4)8(6)3;1-3-2;;;/h1-7H;6H,1-4H3;1-2H3;2*1H;/q;;;;;+2/p-2. The third-order valence-corrected chi connectivity index (χ3v) is 24.2. The first kappa shape index (κ1) is 22.2. The number of allylic oxidation sites excluding steroid dienone is 5. The monoisotopic (exact) mass is 454 g/mol. The van der Waals surface area contributed by atoms with Crippen LogP contribution in [0.1, 0.15) is 42.4 Å². The Bertz CT molecular complexity index is 768. The van der Waals surface area contributed by atoms with E-state index in [1.54, 1.807) is 22.3 Å². The van der Waals surface area contributed by atoms with Gasteiger partial charge in [0.25, 0.3) is 0 Å². The van der Waals surface area contributed by atoms with E-state index in [9.17, 15) is 0 Å². The Morgan fingerprint density at radius 3 is 2.12 bits per heavy atom. The minimum absolute atomic E-state index is 0. The molecule has 0 aliphatic heterocycles. The van der Waals surface area contributed by atoms with Crippen molar-refractivity contribution in [3.8, 4) is 0 Å². The van der Waals surface area contributed by atoms with Crippen LogP contribution in [0.25, 0.3) is 6.08 Å². The first-order chi connectivity index (χ1) is 10.4. The molecule has 0 saturated heterocycles. The summed E-state index contributed by atoms with van der Waals surface area (Å²) in [4.78, 5) is 0. The van der Waals surface area contributed by atoms with Gasteiger partial charge in [0.05, 0.1) is 0 Å². The first-order valence-electron chi connectivity index (χ1n) is 8.26. The van der Waals surface area contributed by atoms with Gasteiger partial charge in [-0.2, -0.15) is 0 Å². The fourth-order valence-electron chi connectivity index (χ4n) is 4.05. The molecule has 0 amide bonds. The van der Waals surface area contributed by atoms with Gasteiger partial charge in [0.1, 0.15) is 0 Å². The van der Waals surface area contributed by atoms with E-state index < -0.39 is 20.4 Å². The van der Waals surface area contributed by atoms with Crippen molar-refractivity contribution in [2.75, 3.05) is 0 Å². The molecule has 2 atom stereocenters. The van der Waals surface area contributed by atoms with Crippen LogP contribution in [-0.4, -0.2) is 5.43 Å². The average molecular weight is 457 g/mol. The second kappa shape index (κ2) is 8.67. The predicted octanol–water partition coefficient (Wildman–Crippen LogP) is -0.108. The van der Waals surface area contributed by atoms with Crippen molar-refractivity contribution < 1.29 is 45.2 Å². The second-order valence-corrected chi connectivity index (χ2v) is 24.4. The zero-order chi connectivity index (χ0) is 16.0. The summed E-state index contributed by atoms with van der Waals surface area (Å²) in [5, 5.41) is 0. The van der Waals surface area contributed by atoms with Crippen LogP contribution in [0.4, 0.5) is 0 Å². The number of rotatable bonds is 2. The first-order valence-corrected chi connectivity index (χ1v) is 17.1. The van der Waals surface area contributed by atoms with Gasteiger partial charge < -0.3 is 24.8 Å². The summed E-state index contributed by atoms with van der Waals surface area (Å²) >= 11 is -1.69.